The van der Waals surface area contributed by atoms with Gasteiger partial charge in [-0.25, -0.2) is 0 Å². The Morgan fingerprint density at radius 3 is 2.54 bits per heavy atom. The van der Waals surface area contributed by atoms with Gasteiger partial charge in [0.25, 0.3) is 11.8 Å². The lowest BCUT2D eigenvalue weighted by Gasteiger charge is -2.20. The summed E-state index contributed by atoms with van der Waals surface area (Å²) in [5, 5.41) is 2.79. The highest BCUT2D eigenvalue weighted by molar-refractivity contribution is 5.97. The Hall–Kier alpha value is -2.76. The van der Waals surface area contributed by atoms with Gasteiger partial charge in [-0.15, -0.1) is 0 Å². The van der Waals surface area contributed by atoms with Crippen molar-refractivity contribution in [3.8, 4) is 5.75 Å². The second-order valence-corrected chi connectivity index (χ2v) is 6.34. The van der Waals surface area contributed by atoms with E-state index in [9.17, 15) is 9.59 Å². The zero-order valence-corrected chi connectivity index (χ0v) is 14.8. The first-order valence-electron chi connectivity index (χ1n) is 9.04. The van der Waals surface area contributed by atoms with Gasteiger partial charge in [0.05, 0.1) is 18.4 Å². The van der Waals surface area contributed by atoms with Gasteiger partial charge in [0.2, 0.25) is 0 Å². The summed E-state index contributed by atoms with van der Waals surface area (Å²) >= 11 is 0. The Labute approximate surface area is 153 Å². The minimum Gasteiger partial charge on any atom is -0.483 e. The molecule has 0 atom stereocenters. The molecule has 0 unspecified atom stereocenters. The molecule has 1 aliphatic heterocycles. The lowest BCUT2D eigenvalue weighted by molar-refractivity contribution is -0.133. The zero-order chi connectivity index (χ0) is 18.2. The van der Waals surface area contributed by atoms with Gasteiger partial charge < -0.3 is 19.4 Å². The number of rotatable bonds is 6. The first-order chi connectivity index (χ1) is 12.7. The maximum atomic E-state index is 12.4. The Kier molecular flexibility index (Phi) is 6.30. The number of carbonyl (C=O) groups is 2. The molecule has 2 heterocycles. The summed E-state index contributed by atoms with van der Waals surface area (Å²) in [5.74, 6) is 0.789. The number of carbonyl (C=O) groups excluding carboxylic acids is 2. The van der Waals surface area contributed by atoms with E-state index >= 15 is 0 Å². The molecule has 1 saturated heterocycles. The van der Waals surface area contributed by atoms with Crippen LogP contribution in [-0.4, -0.2) is 36.4 Å². The molecule has 138 valence electrons. The van der Waals surface area contributed by atoms with E-state index in [-0.39, 0.29) is 18.4 Å². The van der Waals surface area contributed by atoms with Crippen LogP contribution in [0.4, 0.5) is 0 Å². The second-order valence-electron chi connectivity index (χ2n) is 6.34. The average Bonchev–Trinajstić information content (AvgIpc) is 3.04. The van der Waals surface area contributed by atoms with Crippen LogP contribution in [0, 0.1) is 0 Å². The van der Waals surface area contributed by atoms with E-state index in [4.69, 9.17) is 9.15 Å². The van der Waals surface area contributed by atoms with E-state index in [1.165, 1.54) is 12.8 Å². The van der Waals surface area contributed by atoms with Gasteiger partial charge in [0.1, 0.15) is 11.5 Å². The molecular formula is C20H24N2O4. The Morgan fingerprint density at radius 2 is 1.81 bits per heavy atom. The van der Waals surface area contributed by atoms with Gasteiger partial charge in [-0.05, 0) is 37.1 Å². The third-order valence-corrected chi connectivity index (χ3v) is 4.44. The van der Waals surface area contributed by atoms with Crippen LogP contribution in [0.3, 0.4) is 0 Å². The summed E-state index contributed by atoms with van der Waals surface area (Å²) in [7, 11) is 0. The van der Waals surface area contributed by atoms with Crippen molar-refractivity contribution in [2.24, 2.45) is 0 Å². The molecule has 1 aromatic carbocycles. The number of likely N-dealkylation sites (tertiary alicyclic amines) is 1. The molecule has 2 aromatic rings. The van der Waals surface area contributed by atoms with Gasteiger partial charge in [0.15, 0.2) is 6.61 Å². The maximum Gasteiger partial charge on any atom is 0.260 e. The van der Waals surface area contributed by atoms with Crippen LogP contribution < -0.4 is 10.1 Å². The largest absolute Gasteiger partial charge is 0.483 e. The molecule has 3 rings (SSSR count). The first kappa shape index (κ1) is 18.0. The topological polar surface area (TPSA) is 71.8 Å². The summed E-state index contributed by atoms with van der Waals surface area (Å²) in [5.41, 5.74) is 0.405. The van der Waals surface area contributed by atoms with Crippen LogP contribution in [0.2, 0.25) is 0 Å². The Bertz CT molecular complexity index is 719. The fourth-order valence-corrected chi connectivity index (χ4v) is 3.01. The fraction of sp³-hybridized carbons (Fsp3) is 0.400. The zero-order valence-electron chi connectivity index (χ0n) is 14.8. The van der Waals surface area contributed by atoms with E-state index in [1.807, 2.05) is 4.90 Å². The van der Waals surface area contributed by atoms with Crippen LogP contribution in [0.1, 0.15) is 41.8 Å². The molecule has 6 nitrogen and oxygen atoms in total. The highest BCUT2D eigenvalue weighted by Crippen LogP contribution is 2.18. The van der Waals surface area contributed by atoms with Crippen molar-refractivity contribution in [2.45, 2.75) is 32.2 Å². The van der Waals surface area contributed by atoms with Crippen molar-refractivity contribution in [1.82, 2.24) is 10.2 Å². The van der Waals surface area contributed by atoms with Crippen LogP contribution >= 0.6 is 0 Å². The fourth-order valence-electron chi connectivity index (χ4n) is 3.01. The number of hydrogen-bond donors (Lipinski definition) is 1. The minimum atomic E-state index is -0.265. The van der Waals surface area contributed by atoms with E-state index in [2.05, 4.69) is 5.32 Å². The molecule has 0 radical (unpaired) electrons. The number of nitrogens with zero attached hydrogens (tertiary/aromatic N) is 1. The average molecular weight is 356 g/mol. The lowest BCUT2D eigenvalue weighted by Crippen LogP contribution is -2.35. The highest BCUT2D eigenvalue weighted by atomic mass is 16.5. The molecule has 1 aromatic heterocycles. The lowest BCUT2D eigenvalue weighted by atomic mass is 10.2. The molecule has 0 spiro atoms. The predicted molar refractivity (Wildman–Crippen MR) is 96.9 cm³/mol. The summed E-state index contributed by atoms with van der Waals surface area (Å²) in [6, 6.07) is 10.5. The van der Waals surface area contributed by atoms with Crippen LogP contribution in [-0.2, 0) is 11.3 Å². The van der Waals surface area contributed by atoms with Crippen molar-refractivity contribution < 1.29 is 18.7 Å². The van der Waals surface area contributed by atoms with Gasteiger partial charge >= 0.3 is 0 Å². The summed E-state index contributed by atoms with van der Waals surface area (Å²) in [6.07, 6.45) is 5.98. The van der Waals surface area contributed by atoms with Crippen LogP contribution in [0.15, 0.2) is 47.1 Å². The summed E-state index contributed by atoms with van der Waals surface area (Å²) < 4.78 is 10.9. The Balaban J connectivity index is 1.57. The van der Waals surface area contributed by atoms with Gasteiger partial charge in [0, 0.05) is 13.1 Å². The molecule has 6 heteroatoms. The van der Waals surface area contributed by atoms with E-state index in [0.717, 1.165) is 25.9 Å². The molecule has 0 aliphatic carbocycles. The van der Waals surface area contributed by atoms with Crippen molar-refractivity contribution in [3.63, 3.8) is 0 Å². The number of ether oxygens (including phenoxy) is 1. The highest BCUT2D eigenvalue weighted by Gasteiger charge is 2.18. The minimum absolute atomic E-state index is 0.0299. The second kappa shape index (κ2) is 9.08. The normalized spacial score (nSPS) is 14.5. The summed E-state index contributed by atoms with van der Waals surface area (Å²) in [4.78, 5) is 26.7. The van der Waals surface area contributed by atoms with Crippen LogP contribution in [0.5, 0.6) is 5.75 Å². The van der Waals surface area contributed by atoms with Crippen molar-refractivity contribution in [2.75, 3.05) is 19.7 Å². The first-order valence-corrected chi connectivity index (χ1v) is 9.04. The van der Waals surface area contributed by atoms with Crippen molar-refractivity contribution in [1.29, 1.82) is 0 Å². The number of hydrogen-bond acceptors (Lipinski definition) is 4. The smallest absolute Gasteiger partial charge is 0.260 e. The third kappa shape index (κ3) is 4.88. The monoisotopic (exact) mass is 356 g/mol. The SMILES string of the molecule is O=C(NCc1ccco1)c1ccccc1OCC(=O)N1CCCCCC1. The molecule has 0 bridgehead atoms. The van der Waals surface area contributed by atoms with E-state index in [1.54, 1.807) is 42.7 Å². The molecule has 1 fully saturated rings. The third-order valence-electron chi connectivity index (χ3n) is 4.44. The quantitative estimate of drug-likeness (QED) is 0.864. The number of nitrogens with one attached hydrogen (secondary N) is 1. The molecule has 0 saturated carbocycles. The van der Waals surface area contributed by atoms with Gasteiger partial charge in [-0.2, -0.15) is 0 Å². The van der Waals surface area contributed by atoms with E-state index in [0.29, 0.717) is 23.6 Å². The summed E-state index contributed by atoms with van der Waals surface area (Å²) in [6.45, 7) is 1.82. The number of para-hydroxylation sites is 1. The van der Waals surface area contributed by atoms with Crippen molar-refractivity contribution in [3.05, 3.63) is 54.0 Å². The van der Waals surface area contributed by atoms with E-state index < -0.39 is 0 Å². The standard InChI is InChI=1S/C20H24N2O4/c23-19(22-11-5-1-2-6-12-22)15-26-18-10-4-3-9-17(18)20(24)21-14-16-8-7-13-25-16/h3-4,7-10,13H,1-2,5-6,11-12,14-15H2,(H,21,24). The molecular weight excluding hydrogens is 332 g/mol. The number of benzene rings is 1. The van der Waals surface area contributed by atoms with Crippen molar-refractivity contribution >= 4 is 11.8 Å². The predicted octanol–water partition coefficient (Wildman–Crippen LogP) is 2.99. The van der Waals surface area contributed by atoms with Gasteiger partial charge in [-0.3, -0.25) is 9.59 Å². The molecule has 26 heavy (non-hydrogen) atoms. The van der Waals surface area contributed by atoms with Gasteiger partial charge in [-0.1, -0.05) is 25.0 Å². The maximum absolute atomic E-state index is 12.4. The molecule has 2 amide bonds. The number of amides is 2. The Morgan fingerprint density at radius 1 is 1.04 bits per heavy atom. The molecule has 1 aliphatic rings. The number of furan rings is 1. The van der Waals surface area contributed by atoms with Crippen LogP contribution in [0.25, 0.3) is 0 Å². The molecule has 1 N–H and O–H groups in total.